The molecule has 0 heterocycles. The van der Waals surface area contributed by atoms with Gasteiger partial charge in [-0.25, -0.2) is 8.42 Å². The van der Waals surface area contributed by atoms with Crippen LogP contribution in [0.5, 0.6) is 0 Å². The average molecular weight is 171 g/mol. The molecule has 0 bridgehead atoms. The van der Waals surface area contributed by atoms with Crippen LogP contribution >= 0.6 is 0 Å². The first-order valence-electron chi connectivity index (χ1n) is 3.75. The van der Waals surface area contributed by atoms with Gasteiger partial charge in [0.2, 0.25) is 0 Å². The van der Waals surface area contributed by atoms with Crippen LogP contribution in [0.2, 0.25) is 0 Å². The molecule has 1 rings (SSSR count). The van der Waals surface area contributed by atoms with Crippen LogP contribution in [-0.2, 0) is 15.6 Å². The summed E-state index contributed by atoms with van der Waals surface area (Å²) in [7, 11) is -3.29. The normalized spacial score (nSPS) is 15.5. The molecule has 0 N–H and O–H groups in total. The van der Waals surface area contributed by atoms with E-state index in [-0.39, 0.29) is 0 Å². The molecule has 11 heavy (non-hydrogen) atoms. The van der Waals surface area contributed by atoms with Crippen molar-refractivity contribution in [1.29, 1.82) is 0 Å². The van der Waals surface area contributed by atoms with E-state index in [0.717, 1.165) is 6.26 Å². The molecule has 2 nitrogen and oxygen atoms in total. The molecule has 0 unspecified atom stereocenters. The highest BCUT2D eigenvalue weighted by atomic mass is 32.2. The third kappa shape index (κ3) is 3.18. The van der Waals surface area contributed by atoms with Gasteiger partial charge in [0, 0.05) is 7.63 Å². The van der Waals surface area contributed by atoms with Gasteiger partial charge >= 0.3 is 0 Å². The van der Waals surface area contributed by atoms with Crippen LogP contribution < -0.4 is 0 Å². The van der Waals surface area contributed by atoms with Gasteiger partial charge in [0.1, 0.15) is 0 Å². The van der Waals surface area contributed by atoms with Gasteiger partial charge in [-0.3, -0.25) is 0 Å². The fraction of sp³-hybridized carbons (Fsp3) is 0.250. The Morgan fingerprint density at radius 1 is 1.36 bits per heavy atom. The number of sulfone groups is 1. The van der Waals surface area contributed by atoms with Crippen LogP contribution in [0.3, 0.4) is 0 Å². The van der Waals surface area contributed by atoms with Crippen molar-refractivity contribution >= 4 is 9.84 Å². The Hall–Kier alpha value is -0.830. The van der Waals surface area contributed by atoms with E-state index in [1.54, 1.807) is 30.3 Å². The zero-order chi connectivity index (χ0) is 9.19. The van der Waals surface area contributed by atoms with Gasteiger partial charge in [0.15, 0.2) is 9.84 Å². The van der Waals surface area contributed by atoms with Gasteiger partial charge in [-0.2, -0.15) is 0 Å². The van der Waals surface area contributed by atoms with Crippen LogP contribution in [-0.4, -0.2) is 14.7 Å². The largest absolute Gasteiger partial charge is 0.229 e. The molecule has 0 aliphatic heterocycles. The molecule has 0 amide bonds. The summed E-state index contributed by atoms with van der Waals surface area (Å²) in [4.78, 5) is 0. The van der Waals surface area contributed by atoms with Crippen LogP contribution in [0.15, 0.2) is 30.3 Å². The highest BCUT2D eigenvalue weighted by molar-refractivity contribution is 7.89. The van der Waals surface area contributed by atoms with Gasteiger partial charge in [-0.1, -0.05) is 30.3 Å². The molecule has 0 saturated carbocycles. The lowest BCUT2D eigenvalue weighted by Gasteiger charge is -1.96. The van der Waals surface area contributed by atoms with Crippen molar-refractivity contribution in [2.45, 2.75) is 5.73 Å². The number of hydrogen-bond donors (Lipinski definition) is 0. The second-order valence-electron chi connectivity index (χ2n) is 2.36. The Balaban J connectivity index is 3.02. The molecule has 3 heteroatoms. The molecule has 0 aliphatic rings. The van der Waals surface area contributed by atoms with Gasteiger partial charge in [-0.05, 0) is 5.56 Å². The molecule has 0 aliphatic carbocycles. The number of benzene rings is 1. The highest BCUT2D eigenvalue weighted by Crippen LogP contribution is 2.02. The van der Waals surface area contributed by atoms with Crippen molar-refractivity contribution in [1.82, 2.24) is 0 Å². The molecule has 1 aromatic carbocycles. The van der Waals surface area contributed by atoms with E-state index >= 15 is 0 Å². The van der Waals surface area contributed by atoms with E-state index in [1.807, 2.05) is 0 Å². The van der Waals surface area contributed by atoms with Gasteiger partial charge in [0.05, 0.1) is 5.73 Å². The molecule has 0 saturated heterocycles. The molecule has 0 aromatic heterocycles. The van der Waals surface area contributed by atoms with Crippen molar-refractivity contribution in [3.8, 4) is 0 Å². The zero-order valence-corrected chi connectivity index (χ0v) is 7.01. The second-order valence-corrected chi connectivity index (χ2v) is 4.25. The molecular weight excluding hydrogens is 160 g/mol. The first kappa shape index (κ1) is 6.85. The molecule has 0 spiro atoms. The Kier molecular flexibility index (Phi) is 1.90. The Morgan fingerprint density at radius 3 is 2.36 bits per heavy atom. The highest BCUT2D eigenvalue weighted by Gasteiger charge is 2.01. The van der Waals surface area contributed by atoms with Crippen molar-refractivity contribution in [2.75, 3.05) is 6.26 Å². The van der Waals surface area contributed by atoms with Crippen LogP contribution in [0, 0.1) is 0 Å². The summed E-state index contributed by atoms with van der Waals surface area (Å²) in [5.41, 5.74) is -0.640. The number of rotatable bonds is 2. The van der Waals surface area contributed by atoms with Gasteiger partial charge in [0.25, 0.3) is 0 Å². The predicted molar refractivity (Wildman–Crippen MR) is 45.0 cm³/mol. The van der Waals surface area contributed by atoms with Crippen molar-refractivity contribution < 1.29 is 9.79 Å². The lowest BCUT2D eigenvalue weighted by molar-refractivity contribution is 0.601. The predicted octanol–water partition coefficient (Wildman–Crippen LogP) is 1.23. The molecule has 0 radical (unpaired) electrons. The topological polar surface area (TPSA) is 34.1 Å². The zero-order valence-electron chi connectivity index (χ0n) is 7.19. The summed E-state index contributed by atoms with van der Waals surface area (Å²) in [6.07, 6.45) is 1.07. The van der Waals surface area contributed by atoms with E-state index in [1.165, 1.54) is 0 Å². The average Bonchev–Trinajstić information content (AvgIpc) is 2.03. The first-order chi connectivity index (χ1) is 5.52. The summed E-state index contributed by atoms with van der Waals surface area (Å²) in [5, 5.41) is 0. The lowest BCUT2D eigenvalue weighted by atomic mass is 10.2. The third-order valence-electron chi connectivity index (χ3n) is 1.15. The summed E-state index contributed by atoms with van der Waals surface area (Å²) in [5.74, 6) is 0. The van der Waals surface area contributed by atoms with Crippen molar-refractivity contribution in [3.63, 3.8) is 0 Å². The quantitative estimate of drug-likeness (QED) is 0.670. The minimum atomic E-state index is -3.29. The maximum atomic E-state index is 10.9. The van der Waals surface area contributed by atoms with Crippen molar-refractivity contribution in [2.24, 2.45) is 0 Å². The van der Waals surface area contributed by atoms with E-state index in [4.69, 9.17) is 1.37 Å². The first-order valence-corrected chi connectivity index (χ1v) is 5.13. The Morgan fingerprint density at radius 2 is 1.91 bits per heavy atom. The van der Waals surface area contributed by atoms with Gasteiger partial charge in [-0.15, -0.1) is 0 Å². The van der Waals surface area contributed by atoms with E-state index in [2.05, 4.69) is 0 Å². The van der Waals surface area contributed by atoms with Crippen LogP contribution in [0.25, 0.3) is 0 Å². The second kappa shape index (κ2) is 3.05. The molecule has 1 aromatic rings. The molecule has 0 fully saturated rings. The maximum absolute atomic E-state index is 10.9. The van der Waals surface area contributed by atoms with E-state index in [0.29, 0.717) is 5.56 Å². The van der Waals surface area contributed by atoms with Crippen LogP contribution in [0.1, 0.15) is 6.93 Å². The minimum absolute atomic E-state index is 0.514. The van der Waals surface area contributed by atoms with E-state index in [9.17, 15) is 8.42 Å². The standard InChI is InChI=1S/C8H10O2S/c1-11(9,10)7-8-5-3-2-4-6-8/h2-6H,7H2,1H3/i7D/t7-/m0/s1. The SMILES string of the molecule is [2H][C@@H](c1ccccc1)S(C)(=O)=O. The van der Waals surface area contributed by atoms with Crippen molar-refractivity contribution in [3.05, 3.63) is 35.9 Å². The van der Waals surface area contributed by atoms with Gasteiger partial charge < -0.3 is 0 Å². The number of hydrogen-bond acceptors (Lipinski definition) is 2. The summed E-state index contributed by atoms with van der Waals surface area (Å²) in [6, 6.07) is 8.51. The lowest BCUT2D eigenvalue weighted by Crippen LogP contribution is -1.99. The smallest absolute Gasteiger partial charge is 0.151 e. The molecular formula is C8H10O2S. The van der Waals surface area contributed by atoms with Crippen LogP contribution in [0.4, 0.5) is 0 Å². The maximum Gasteiger partial charge on any atom is 0.151 e. The molecule has 1 atom stereocenters. The summed E-state index contributed by atoms with van der Waals surface area (Å²) in [6.45, 7) is 0. The minimum Gasteiger partial charge on any atom is -0.229 e. The fourth-order valence-corrected chi connectivity index (χ4v) is 1.43. The molecule has 60 valence electrons. The fourth-order valence-electron chi connectivity index (χ4n) is 0.779. The Bertz CT molecular complexity index is 345. The summed E-state index contributed by atoms with van der Waals surface area (Å²) < 4.78 is 29.3. The van der Waals surface area contributed by atoms with E-state index < -0.39 is 15.6 Å². The monoisotopic (exact) mass is 171 g/mol. The Labute approximate surface area is 68.2 Å². The summed E-state index contributed by atoms with van der Waals surface area (Å²) >= 11 is 0. The third-order valence-corrected chi connectivity index (χ3v) is 1.85.